The van der Waals surface area contributed by atoms with Crippen molar-refractivity contribution in [2.75, 3.05) is 0 Å². The number of nitrogens with zero attached hydrogens (tertiary/aromatic N) is 2. The molecule has 0 saturated carbocycles. The molecule has 0 radical (unpaired) electrons. The van der Waals surface area contributed by atoms with Gasteiger partial charge in [-0.25, -0.2) is 8.42 Å². The summed E-state index contributed by atoms with van der Waals surface area (Å²) >= 11 is 0. The van der Waals surface area contributed by atoms with Crippen molar-refractivity contribution in [1.82, 2.24) is 9.21 Å². The lowest BCUT2D eigenvalue weighted by Crippen LogP contribution is -2.53. The zero-order valence-corrected chi connectivity index (χ0v) is 14.1. The first kappa shape index (κ1) is 15.8. The molecule has 0 aliphatic carbocycles. The molecule has 4 rings (SSSR count). The third-order valence-electron chi connectivity index (χ3n) is 5.42. The van der Waals surface area contributed by atoms with E-state index in [0.29, 0.717) is 17.7 Å². The number of imide groups is 1. The van der Waals surface area contributed by atoms with Crippen LogP contribution in [0, 0.1) is 0 Å². The van der Waals surface area contributed by atoms with Gasteiger partial charge in [0.15, 0.2) is 0 Å². The number of hydrogen-bond donors (Lipinski definition) is 0. The van der Waals surface area contributed by atoms with Crippen molar-refractivity contribution in [3.05, 3.63) is 30.3 Å². The van der Waals surface area contributed by atoms with Crippen LogP contribution in [-0.4, -0.2) is 47.6 Å². The molecule has 7 heteroatoms. The van der Waals surface area contributed by atoms with Crippen molar-refractivity contribution in [2.24, 2.45) is 0 Å². The van der Waals surface area contributed by atoms with Gasteiger partial charge >= 0.3 is 0 Å². The van der Waals surface area contributed by atoms with Crippen molar-refractivity contribution < 1.29 is 18.0 Å². The van der Waals surface area contributed by atoms with E-state index in [1.165, 1.54) is 4.90 Å². The van der Waals surface area contributed by atoms with Crippen molar-refractivity contribution in [2.45, 2.75) is 61.5 Å². The van der Waals surface area contributed by atoms with E-state index >= 15 is 0 Å². The van der Waals surface area contributed by atoms with Crippen LogP contribution >= 0.6 is 0 Å². The lowest BCUT2D eigenvalue weighted by atomic mass is 9.98. The Hall–Kier alpha value is -1.73. The van der Waals surface area contributed by atoms with Gasteiger partial charge in [0, 0.05) is 31.0 Å². The van der Waals surface area contributed by atoms with Crippen LogP contribution in [0.4, 0.5) is 0 Å². The van der Waals surface area contributed by atoms with E-state index in [2.05, 4.69) is 0 Å². The van der Waals surface area contributed by atoms with Crippen molar-refractivity contribution >= 4 is 21.8 Å². The molecule has 0 spiro atoms. The predicted molar refractivity (Wildman–Crippen MR) is 86.4 cm³/mol. The minimum atomic E-state index is -3.53. The highest BCUT2D eigenvalue weighted by Gasteiger charge is 2.50. The summed E-state index contributed by atoms with van der Waals surface area (Å²) in [5, 5.41) is 0. The van der Waals surface area contributed by atoms with Gasteiger partial charge in [-0.1, -0.05) is 18.2 Å². The Morgan fingerprint density at radius 1 is 0.833 bits per heavy atom. The number of benzene rings is 1. The normalized spacial score (nSPS) is 31.0. The maximum atomic E-state index is 13.0. The van der Waals surface area contributed by atoms with Crippen LogP contribution in [-0.2, 0) is 19.6 Å². The number of rotatable bonds is 3. The van der Waals surface area contributed by atoms with Crippen LogP contribution in [0.2, 0.25) is 0 Å². The Morgan fingerprint density at radius 2 is 1.38 bits per heavy atom. The Kier molecular flexibility index (Phi) is 3.73. The molecule has 0 N–H and O–H groups in total. The van der Waals surface area contributed by atoms with Crippen molar-refractivity contribution in [1.29, 1.82) is 0 Å². The number of sulfonamides is 1. The molecular weight excluding hydrogens is 328 g/mol. The van der Waals surface area contributed by atoms with E-state index in [4.69, 9.17) is 0 Å². The number of hydrogen-bond acceptors (Lipinski definition) is 4. The van der Waals surface area contributed by atoms with Gasteiger partial charge in [-0.2, -0.15) is 4.31 Å². The van der Waals surface area contributed by atoms with Crippen LogP contribution in [0.15, 0.2) is 35.2 Å². The molecule has 1 aromatic rings. The molecule has 3 aliphatic heterocycles. The highest BCUT2D eigenvalue weighted by molar-refractivity contribution is 7.89. The quantitative estimate of drug-likeness (QED) is 0.776. The average molecular weight is 348 g/mol. The molecule has 0 aromatic heterocycles. The maximum Gasteiger partial charge on any atom is 0.243 e. The third-order valence-corrected chi connectivity index (χ3v) is 7.43. The van der Waals surface area contributed by atoms with Crippen molar-refractivity contribution in [3.8, 4) is 0 Å². The molecule has 6 nitrogen and oxygen atoms in total. The molecule has 3 saturated heterocycles. The number of fused-ring (bicyclic) bond motifs is 2. The maximum absolute atomic E-state index is 13.0. The van der Waals surface area contributed by atoms with Gasteiger partial charge in [0.1, 0.15) is 0 Å². The monoisotopic (exact) mass is 348 g/mol. The summed E-state index contributed by atoms with van der Waals surface area (Å²) in [7, 11) is -3.53. The summed E-state index contributed by atoms with van der Waals surface area (Å²) in [6.45, 7) is 0. The first-order valence-electron chi connectivity index (χ1n) is 8.42. The van der Waals surface area contributed by atoms with E-state index in [1.807, 2.05) is 0 Å². The molecule has 2 bridgehead atoms. The Labute approximate surface area is 141 Å². The van der Waals surface area contributed by atoms with Crippen LogP contribution in [0.3, 0.4) is 0 Å². The number of piperidine rings is 1. The lowest BCUT2D eigenvalue weighted by Gasteiger charge is -2.40. The molecular formula is C17H20N2O4S. The van der Waals surface area contributed by atoms with E-state index in [-0.39, 0.29) is 42.8 Å². The van der Waals surface area contributed by atoms with Gasteiger partial charge in [-0.15, -0.1) is 0 Å². The fourth-order valence-corrected chi connectivity index (χ4v) is 6.34. The fraction of sp³-hybridized carbons (Fsp3) is 0.529. The molecule has 3 fully saturated rings. The van der Waals surface area contributed by atoms with E-state index in [0.717, 1.165) is 12.8 Å². The van der Waals surface area contributed by atoms with Gasteiger partial charge in [-0.05, 0) is 37.8 Å². The summed E-state index contributed by atoms with van der Waals surface area (Å²) in [5.74, 6) is -0.215. The Balaban J connectivity index is 1.60. The second-order valence-corrected chi connectivity index (χ2v) is 8.66. The molecule has 2 amide bonds. The van der Waals surface area contributed by atoms with Gasteiger partial charge in [0.2, 0.25) is 21.8 Å². The number of likely N-dealkylation sites (tertiary alicyclic amines) is 1. The zero-order valence-electron chi connectivity index (χ0n) is 13.3. The average Bonchev–Trinajstić information content (AvgIpc) is 3.05. The zero-order chi connectivity index (χ0) is 16.9. The smallest absolute Gasteiger partial charge is 0.243 e. The summed E-state index contributed by atoms with van der Waals surface area (Å²) < 4.78 is 27.6. The molecule has 3 aliphatic rings. The second kappa shape index (κ2) is 5.67. The number of amides is 2. The largest absolute Gasteiger partial charge is 0.279 e. The standard InChI is InChI=1S/C17H20N2O4S/c20-16-8-9-17(21)18(16)14-10-12-6-7-13(11-14)19(12)24(22,23)15-4-2-1-3-5-15/h1-5,12-14H,6-11H2. The van der Waals surface area contributed by atoms with Crippen molar-refractivity contribution in [3.63, 3.8) is 0 Å². The molecule has 24 heavy (non-hydrogen) atoms. The lowest BCUT2D eigenvalue weighted by molar-refractivity contribution is -0.142. The molecule has 128 valence electrons. The van der Waals surface area contributed by atoms with Gasteiger partial charge in [0.05, 0.1) is 4.90 Å². The number of carbonyl (C=O) groups excluding carboxylic acids is 2. The van der Waals surface area contributed by atoms with E-state index in [1.54, 1.807) is 34.6 Å². The minimum absolute atomic E-state index is 0.108. The highest BCUT2D eigenvalue weighted by atomic mass is 32.2. The van der Waals surface area contributed by atoms with E-state index in [9.17, 15) is 18.0 Å². The first-order valence-corrected chi connectivity index (χ1v) is 9.86. The third kappa shape index (κ3) is 2.38. The van der Waals surface area contributed by atoms with Crippen LogP contribution in [0.25, 0.3) is 0 Å². The Bertz CT molecular complexity index is 747. The second-order valence-electron chi connectivity index (χ2n) is 6.82. The predicted octanol–water partition coefficient (Wildman–Crippen LogP) is 1.52. The summed E-state index contributed by atoms with van der Waals surface area (Å²) in [5.41, 5.74) is 0. The summed E-state index contributed by atoms with van der Waals surface area (Å²) in [6, 6.07) is 8.09. The SMILES string of the molecule is O=C1CCC(=O)N1C1CC2CCC(C1)N2S(=O)(=O)c1ccccc1. The topological polar surface area (TPSA) is 74.8 Å². The fourth-order valence-electron chi connectivity index (χ4n) is 4.42. The highest BCUT2D eigenvalue weighted by Crippen LogP contribution is 2.42. The van der Waals surface area contributed by atoms with E-state index < -0.39 is 10.0 Å². The van der Waals surface area contributed by atoms with Gasteiger partial charge in [-0.3, -0.25) is 14.5 Å². The molecule has 2 atom stereocenters. The molecule has 2 unspecified atom stereocenters. The minimum Gasteiger partial charge on any atom is -0.279 e. The molecule has 1 aromatic carbocycles. The van der Waals surface area contributed by atoms with Gasteiger partial charge < -0.3 is 0 Å². The molecule has 3 heterocycles. The number of carbonyl (C=O) groups is 2. The summed E-state index contributed by atoms with van der Waals surface area (Å²) in [4.78, 5) is 25.7. The van der Waals surface area contributed by atoms with Crippen LogP contribution in [0.5, 0.6) is 0 Å². The Morgan fingerprint density at radius 3 is 1.92 bits per heavy atom. The first-order chi connectivity index (χ1) is 11.5. The van der Waals surface area contributed by atoms with Gasteiger partial charge in [0.25, 0.3) is 0 Å². The summed E-state index contributed by atoms with van der Waals surface area (Å²) in [6.07, 6.45) is 3.28. The van der Waals surface area contributed by atoms with Crippen LogP contribution in [0.1, 0.15) is 38.5 Å². The van der Waals surface area contributed by atoms with Crippen LogP contribution < -0.4 is 0 Å².